The first-order valence-corrected chi connectivity index (χ1v) is 5.75. The van der Waals surface area contributed by atoms with Gasteiger partial charge in [0.15, 0.2) is 5.82 Å². The van der Waals surface area contributed by atoms with Crippen LogP contribution in [0.5, 0.6) is 0 Å². The van der Waals surface area contributed by atoms with E-state index in [1.165, 1.54) is 7.11 Å². The van der Waals surface area contributed by atoms with Crippen LogP contribution in [0.2, 0.25) is 0 Å². The topological polar surface area (TPSA) is 69.2 Å². The summed E-state index contributed by atoms with van der Waals surface area (Å²) in [5, 5.41) is -0.632. The summed E-state index contributed by atoms with van der Waals surface area (Å²) < 4.78 is 26.8. The van der Waals surface area contributed by atoms with E-state index < -0.39 is 22.1 Å². The quantitative estimate of drug-likeness (QED) is 0.762. The molecule has 0 aliphatic carbocycles. The van der Waals surface area contributed by atoms with Crippen LogP contribution in [0, 0.1) is 6.92 Å². The van der Waals surface area contributed by atoms with Crippen molar-refractivity contribution in [2.45, 2.75) is 25.2 Å². The van der Waals surface area contributed by atoms with E-state index in [2.05, 4.69) is 9.97 Å². The summed E-state index contributed by atoms with van der Waals surface area (Å²) in [5.41, 5.74) is 0.924. The van der Waals surface area contributed by atoms with Crippen LogP contribution in [0.25, 0.3) is 0 Å². The van der Waals surface area contributed by atoms with Crippen LogP contribution in [0.1, 0.15) is 24.4 Å². The normalized spacial score (nSPS) is 15.2. The molecule has 1 rings (SSSR count). The summed E-state index contributed by atoms with van der Waals surface area (Å²) >= 11 is 0. The Kier molecular flexibility index (Phi) is 4.16. The van der Waals surface area contributed by atoms with Crippen molar-refractivity contribution in [2.75, 3.05) is 7.11 Å². The van der Waals surface area contributed by atoms with Gasteiger partial charge in [0.25, 0.3) is 0 Å². The number of nitrogens with zero attached hydrogens (tertiary/aromatic N) is 2. The van der Waals surface area contributed by atoms with Gasteiger partial charge in [0.1, 0.15) is 16.8 Å². The number of hydrogen-bond donors (Lipinski definition) is 1. The Balaban J connectivity index is 2.97. The van der Waals surface area contributed by atoms with Crippen molar-refractivity contribution in [3.63, 3.8) is 0 Å². The predicted molar refractivity (Wildman–Crippen MR) is 56.3 cm³/mol. The second-order valence-corrected chi connectivity index (χ2v) is 4.69. The number of hydrogen-bond acceptors (Lipinski definition) is 5. The zero-order valence-electron chi connectivity index (χ0n) is 8.88. The van der Waals surface area contributed by atoms with Crippen molar-refractivity contribution in [2.24, 2.45) is 0 Å². The highest BCUT2D eigenvalue weighted by molar-refractivity contribution is 7.73. The summed E-state index contributed by atoms with van der Waals surface area (Å²) in [6, 6.07) is 0. The average Bonchev–Trinajstić information content (AvgIpc) is 2.21. The van der Waals surface area contributed by atoms with Gasteiger partial charge in [0.2, 0.25) is 0 Å². The van der Waals surface area contributed by atoms with Crippen molar-refractivity contribution in [3.8, 4) is 0 Å². The summed E-state index contributed by atoms with van der Waals surface area (Å²) in [6.07, 6.45) is 2.67. The molecule has 1 aromatic rings. The number of thiol groups is 1. The molecule has 0 amide bonds. The van der Waals surface area contributed by atoms with Crippen molar-refractivity contribution in [1.82, 2.24) is 9.97 Å². The minimum Gasteiger partial charge on any atom is -0.372 e. The van der Waals surface area contributed by atoms with Gasteiger partial charge < -0.3 is 4.74 Å². The van der Waals surface area contributed by atoms with Gasteiger partial charge in [0.05, 0.1) is 5.25 Å². The summed E-state index contributed by atoms with van der Waals surface area (Å²) in [6.45, 7) is 3.44. The van der Waals surface area contributed by atoms with E-state index in [1.807, 2.05) is 6.92 Å². The Morgan fingerprint density at radius 2 is 1.87 bits per heavy atom. The molecule has 0 unspecified atom stereocenters. The average molecular weight is 230 g/mol. The van der Waals surface area contributed by atoms with E-state index in [1.54, 1.807) is 19.3 Å². The molecular formula is C9H14N2O3S. The van der Waals surface area contributed by atoms with Crippen LogP contribution in [-0.2, 0) is 15.4 Å². The lowest BCUT2D eigenvalue weighted by atomic mass is 10.2. The number of ether oxygens (including phenoxy) is 1. The molecule has 1 heterocycles. The van der Waals surface area contributed by atoms with Crippen molar-refractivity contribution in [1.29, 1.82) is 0 Å². The lowest BCUT2D eigenvalue weighted by molar-refractivity contribution is 0.0956. The maximum atomic E-state index is 10.8. The third-order valence-electron chi connectivity index (χ3n) is 2.08. The highest BCUT2D eigenvalue weighted by atomic mass is 32.2. The first kappa shape index (κ1) is 12.1. The van der Waals surface area contributed by atoms with Gasteiger partial charge in [-0.2, -0.15) is 0 Å². The maximum absolute atomic E-state index is 10.8. The molecule has 84 valence electrons. The third-order valence-corrected chi connectivity index (χ3v) is 3.02. The Labute approximate surface area is 90.5 Å². The van der Waals surface area contributed by atoms with Crippen LogP contribution in [0.4, 0.5) is 0 Å². The molecular weight excluding hydrogens is 216 g/mol. The van der Waals surface area contributed by atoms with Crippen molar-refractivity contribution in [3.05, 3.63) is 23.8 Å². The van der Waals surface area contributed by atoms with Gasteiger partial charge >= 0.3 is 0 Å². The van der Waals surface area contributed by atoms with Crippen LogP contribution in [-0.4, -0.2) is 30.7 Å². The lowest BCUT2D eigenvalue weighted by Crippen LogP contribution is -2.21. The number of aryl methyl sites for hydroxylation is 1. The van der Waals surface area contributed by atoms with Gasteiger partial charge in [0, 0.05) is 19.5 Å². The van der Waals surface area contributed by atoms with Crippen LogP contribution < -0.4 is 0 Å². The van der Waals surface area contributed by atoms with E-state index in [0.717, 1.165) is 5.56 Å². The monoisotopic (exact) mass is 230 g/mol. The highest BCUT2D eigenvalue weighted by Crippen LogP contribution is 2.18. The Bertz CT molecular complexity index is 381. The molecule has 0 aliphatic rings. The zero-order valence-corrected chi connectivity index (χ0v) is 9.77. The number of rotatable bonds is 4. The fraction of sp³-hybridized carbons (Fsp3) is 0.556. The van der Waals surface area contributed by atoms with Crippen molar-refractivity contribution < 1.29 is 13.2 Å². The Morgan fingerprint density at radius 3 is 2.27 bits per heavy atom. The van der Waals surface area contributed by atoms with Crippen molar-refractivity contribution >= 4 is 10.7 Å². The molecule has 2 atom stereocenters. The van der Waals surface area contributed by atoms with E-state index in [0.29, 0.717) is 5.82 Å². The molecule has 6 heteroatoms. The predicted octanol–water partition coefficient (Wildman–Crippen LogP) is 0.472. The van der Waals surface area contributed by atoms with Gasteiger partial charge in [-0.25, -0.2) is 18.4 Å². The summed E-state index contributed by atoms with van der Waals surface area (Å²) in [5.74, 6) is 0.398. The highest BCUT2D eigenvalue weighted by Gasteiger charge is 2.23. The van der Waals surface area contributed by atoms with Crippen LogP contribution in [0.3, 0.4) is 0 Å². The zero-order chi connectivity index (χ0) is 11.4. The maximum Gasteiger partial charge on any atom is 0.158 e. The molecule has 0 spiro atoms. The van der Waals surface area contributed by atoms with E-state index in [4.69, 9.17) is 4.74 Å². The van der Waals surface area contributed by atoms with Gasteiger partial charge in [-0.3, -0.25) is 0 Å². The Hall–Kier alpha value is -1.01. The second kappa shape index (κ2) is 5.18. The minimum absolute atomic E-state index is 0.398. The molecule has 0 saturated carbocycles. The fourth-order valence-corrected chi connectivity index (χ4v) is 1.65. The second-order valence-electron chi connectivity index (χ2n) is 3.30. The first-order valence-electron chi connectivity index (χ1n) is 4.51. The number of aromatic nitrogens is 2. The summed E-state index contributed by atoms with van der Waals surface area (Å²) in [7, 11) is -1.10. The molecule has 0 bridgehead atoms. The van der Waals surface area contributed by atoms with Crippen LogP contribution in [0.15, 0.2) is 12.4 Å². The largest absolute Gasteiger partial charge is 0.372 e. The van der Waals surface area contributed by atoms with Crippen LogP contribution >= 0.6 is 0 Å². The smallest absolute Gasteiger partial charge is 0.158 e. The molecule has 15 heavy (non-hydrogen) atoms. The molecule has 1 aromatic heterocycles. The van der Waals surface area contributed by atoms with E-state index in [9.17, 15) is 8.42 Å². The molecule has 0 N–H and O–H groups in total. The number of methoxy groups -OCH3 is 1. The molecule has 5 nitrogen and oxygen atoms in total. The fourth-order valence-electron chi connectivity index (χ4n) is 1.18. The minimum atomic E-state index is -2.54. The van der Waals surface area contributed by atoms with Gasteiger partial charge in [-0.15, -0.1) is 0 Å². The molecule has 0 saturated heterocycles. The standard InChI is InChI=1S/C9H14N2O3S/c1-6-4-10-9(11-5-6)8(14-3)7(2)15(12)13/h4-5,7-8,15H,1-3H3/t7-,8-/m0/s1. The molecule has 0 aliphatic heterocycles. The SMILES string of the molecule is CO[C@H](c1ncc(C)cn1)[C@H](C)[SH](=O)=O. The van der Waals surface area contributed by atoms with E-state index >= 15 is 0 Å². The lowest BCUT2D eigenvalue weighted by Gasteiger charge is -2.16. The van der Waals surface area contributed by atoms with E-state index in [-0.39, 0.29) is 0 Å². The van der Waals surface area contributed by atoms with Gasteiger partial charge in [-0.1, -0.05) is 0 Å². The third kappa shape index (κ3) is 2.97. The molecule has 0 radical (unpaired) electrons. The Morgan fingerprint density at radius 1 is 1.33 bits per heavy atom. The van der Waals surface area contributed by atoms with Gasteiger partial charge in [-0.05, 0) is 19.4 Å². The molecule has 0 fully saturated rings. The first-order chi connectivity index (χ1) is 7.06. The molecule has 0 aromatic carbocycles. The summed E-state index contributed by atoms with van der Waals surface area (Å²) in [4.78, 5) is 8.10.